The highest BCUT2D eigenvalue weighted by atomic mass is 32.1. The molecule has 1 heterocycles. The molecule has 9 rings (SSSR count). The Bertz CT molecular complexity index is 2440. The Hall–Kier alpha value is -5.24. The maximum Gasteiger partial charge on any atom is 0.0361 e. The van der Waals surface area contributed by atoms with Crippen LogP contribution in [0.15, 0.2) is 158 Å². The number of hydrogen-bond donors (Lipinski definition) is 0. The second-order valence-electron chi connectivity index (χ2n) is 11.3. The fourth-order valence-corrected chi connectivity index (χ4v) is 7.97. The molecule has 0 aliphatic heterocycles. The van der Waals surface area contributed by atoms with Crippen LogP contribution in [0.4, 0.5) is 0 Å². The zero-order valence-electron chi connectivity index (χ0n) is 23.4. The fourth-order valence-electron chi connectivity index (χ4n) is 6.85. The largest absolute Gasteiger partial charge is 0.135 e. The van der Waals surface area contributed by atoms with Crippen molar-refractivity contribution in [3.8, 4) is 33.4 Å². The number of thiophene rings is 1. The average molecular weight is 563 g/mol. The standard InChI is InChI=1S/C42H26S/c1-2-11-27(12-3-1)28-15-10-16-31(23-28)41-33-17-6-8-19-35(33)42(36-20-9-7-18-34(36)41)32-21-22-39-37(25-32)38-24-29-13-4-5-14-30(29)26-40(38)43-39/h1-26H. The molecule has 0 aliphatic carbocycles. The van der Waals surface area contributed by atoms with Gasteiger partial charge in [0.1, 0.15) is 0 Å². The third-order valence-corrected chi connectivity index (χ3v) is 9.95. The van der Waals surface area contributed by atoms with Gasteiger partial charge in [0.15, 0.2) is 0 Å². The number of hydrogen-bond acceptors (Lipinski definition) is 1. The lowest BCUT2D eigenvalue weighted by Gasteiger charge is -2.18. The molecule has 1 aromatic heterocycles. The molecule has 0 saturated carbocycles. The van der Waals surface area contributed by atoms with Gasteiger partial charge in [0.25, 0.3) is 0 Å². The van der Waals surface area contributed by atoms with Gasteiger partial charge >= 0.3 is 0 Å². The molecular formula is C42H26S. The Morgan fingerprint density at radius 2 is 0.791 bits per heavy atom. The summed E-state index contributed by atoms with van der Waals surface area (Å²) in [6.45, 7) is 0. The van der Waals surface area contributed by atoms with Crippen LogP contribution in [0.5, 0.6) is 0 Å². The van der Waals surface area contributed by atoms with Crippen LogP contribution in [0, 0.1) is 0 Å². The first kappa shape index (κ1) is 24.4. The molecule has 200 valence electrons. The van der Waals surface area contributed by atoms with E-state index in [1.54, 1.807) is 0 Å². The highest BCUT2D eigenvalue weighted by molar-refractivity contribution is 7.25. The van der Waals surface area contributed by atoms with Crippen LogP contribution in [0.25, 0.3) is 85.9 Å². The van der Waals surface area contributed by atoms with Crippen LogP contribution in [0.2, 0.25) is 0 Å². The van der Waals surface area contributed by atoms with E-state index in [9.17, 15) is 0 Å². The number of fused-ring (bicyclic) bond motifs is 6. The first-order valence-electron chi connectivity index (χ1n) is 14.8. The Morgan fingerprint density at radius 1 is 0.279 bits per heavy atom. The molecule has 0 nitrogen and oxygen atoms in total. The fraction of sp³-hybridized carbons (Fsp3) is 0. The Kier molecular flexibility index (Phi) is 5.47. The molecule has 0 radical (unpaired) electrons. The monoisotopic (exact) mass is 562 g/mol. The average Bonchev–Trinajstić information content (AvgIpc) is 3.43. The van der Waals surface area contributed by atoms with E-state index in [1.165, 1.54) is 85.9 Å². The molecule has 0 N–H and O–H groups in total. The minimum absolute atomic E-state index is 1.23. The zero-order chi connectivity index (χ0) is 28.3. The summed E-state index contributed by atoms with van der Waals surface area (Å²) >= 11 is 1.89. The van der Waals surface area contributed by atoms with Crippen LogP contribution < -0.4 is 0 Å². The van der Waals surface area contributed by atoms with Crippen molar-refractivity contribution in [2.45, 2.75) is 0 Å². The minimum atomic E-state index is 1.23. The topological polar surface area (TPSA) is 0 Å². The van der Waals surface area contributed by atoms with Gasteiger partial charge in [0.2, 0.25) is 0 Å². The lowest BCUT2D eigenvalue weighted by atomic mass is 9.85. The third kappa shape index (κ3) is 3.90. The van der Waals surface area contributed by atoms with E-state index < -0.39 is 0 Å². The maximum atomic E-state index is 2.42. The SMILES string of the molecule is c1ccc(-c2cccc(-c3c4ccccc4c(-c4ccc5sc6cc7ccccc7cc6c5c4)c4ccccc34)c2)cc1. The van der Waals surface area contributed by atoms with Crippen LogP contribution in [-0.4, -0.2) is 0 Å². The van der Waals surface area contributed by atoms with E-state index in [-0.39, 0.29) is 0 Å². The lowest BCUT2D eigenvalue weighted by Crippen LogP contribution is -1.91. The van der Waals surface area contributed by atoms with E-state index in [2.05, 4.69) is 158 Å². The van der Waals surface area contributed by atoms with Gasteiger partial charge in [-0.3, -0.25) is 0 Å². The molecule has 0 unspecified atom stereocenters. The van der Waals surface area contributed by atoms with Gasteiger partial charge in [-0.25, -0.2) is 0 Å². The molecule has 9 aromatic rings. The van der Waals surface area contributed by atoms with Gasteiger partial charge in [-0.05, 0) is 96.0 Å². The van der Waals surface area contributed by atoms with E-state index in [0.717, 1.165) is 0 Å². The molecule has 1 heteroatoms. The summed E-state index contributed by atoms with van der Waals surface area (Å²) in [4.78, 5) is 0. The summed E-state index contributed by atoms with van der Waals surface area (Å²) in [6.07, 6.45) is 0. The van der Waals surface area contributed by atoms with Crippen LogP contribution >= 0.6 is 11.3 Å². The zero-order valence-corrected chi connectivity index (χ0v) is 24.2. The molecule has 43 heavy (non-hydrogen) atoms. The molecule has 0 spiro atoms. The van der Waals surface area contributed by atoms with Crippen LogP contribution in [0.1, 0.15) is 0 Å². The van der Waals surface area contributed by atoms with Crippen molar-refractivity contribution < 1.29 is 0 Å². The second kappa shape index (κ2) is 9.66. The third-order valence-electron chi connectivity index (χ3n) is 8.82. The van der Waals surface area contributed by atoms with Crippen LogP contribution in [-0.2, 0) is 0 Å². The summed E-state index contributed by atoms with van der Waals surface area (Å²) < 4.78 is 2.67. The second-order valence-corrected chi connectivity index (χ2v) is 12.4. The molecule has 8 aromatic carbocycles. The van der Waals surface area contributed by atoms with E-state index >= 15 is 0 Å². The predicted molar refractivity (Wildman–Crippen MR) is 188 cm³/mol. The van der Waals surface area contributed by atoms with Crippen molar-refractivity contribution in [2.24, 2.45) is 0 Å². The molecule has 0 amide bonds. The van der Waals surface area contributed by atoms with Gasteiger partial charge in [-0.2, -0.15) is 0 Å². The van der Waals surface area contributed by atoms with E-state index in [0.29, 0.717) is 0 Å². The normalized spacial score (nSPS) is 11.7. The van der Waals surface area contributed by atoms with Gasteiger partial charge < -0.3 is 0 Å². The van der Waals surface area contributed by atoms with Crippen molar-refractivity contribution in [3.05, 3.63) is 158 Å². The molecular weight excluding hydrogens is 537 g/mol. The van der Waals surface area contributed by atoms with Gasteiger partial charge in [0.05, 0.1) is 0 Å². The molecule has 0 bridgehead atoms. The van der Waals surface area contributed by atoms with Crippen LogP contribution in [0.3, 0.4) is 0 Å². The Balaban J connectivity index is 1.33. The minimum Gasteiger partial charge on any atom is -0.135 e. The summed E-state index contributed by atoms with van der Waals surface area (Å²) in [5, 5.41) is 10.4. The Labute approximate surface area is 254 Å². The van der Waals surface area contributed by atoms with E-state index in [4.69, 9.17) is 0 Å². The number of benzene rings is 8. The predicted octanol–water partition coefficient (Wildman–Crippen LogP) is 12.5. The van der Waals surface area contributed by atoms with Gasteiger partial charge in [0, 0.05) is 20.2 Å². The summed E-state index contributed by atoms with van der Waals surface area (Å²) in [5.41, 5.74) is 7.57. The quantitative estimate of drug-likeness (QED) is 0.188. The van der Waals surface area contributed by atoms with E-state index in [1.807, 2.05) is 11.3 Å². The van der Waals surface area contributed by atoms with Crippen molar-refractivity contribution in [1.29, 1.82) is 0 Å². The summed E-state index contributed by atoms with van der Waals surface area (Å²) in [7, 11) is 0. The Morgan fingerprint density at radius 3 is 1.47 bits per heavy atom. The lowest BCUT2D eigenvalue weighted by molar-refractivity contribution is 1.61. The van der Waals surface area contributed by atoms with Crippen molar-refractivity contribution >= 4 is 63.8 Å². The first-order valence-corrected chi connectivity index (χ1v) is 15.6. The molecule has 0 aliphatic rings. The highest BCUT2D eigenvalue weighted by Gasteiger charge is 2.18. The summed E-state index contributed by atoms with van der Waals surface area (Å²) in [6, 6.07) is 58.0. The smallest absolute Gasteiger partial charge is 0.0361 e. The number of rotatable bonds is 3. The van der Waals surface area contributed by atoms with Gasteiger partial charge in [-0.15, -0.1) is 11.3 Å². The van der Waals surface area contributed by atoms with Crippen molar-refractivity contribution in [3.63, 3.8) is 0 Å². The molecule has 0 saturated heterocycles. The molecule has 0 fully saturated rings. The maximum absolute atomic E-state index is 2.42. The van der Waals surface area contributed by atoms with Crippen molar-refractivity contribution in [1.82, 2.24) is 0 Å². The van der Waals surface area contributed by atoms with Gasteiger partial charge in [-0.1, -0.05) is 127 Å². The molecule has 0 atom stereocenters. The summed E-state index contributed by atoms with van der Waals surface area (Å²) in [5.74, 6) is 0. The first-order chi connectivity index (χ1) is 21.3. The van der Waals surface area contributed by atoms with Crippen molar-refractivity contribution in [2.75, 3.05) is 0 Å². The highest BCUT2D eigenvalue weighted by Crippen LogP contribution is 2.46.